The van der Waals surface area contributed by atoms with Crippen molar-refractivity contribution in [3.8, 4) is 28.4 Å². The van der Waals surface area contributed by atoms with Gasteiger partial charge in [0.05, 0.1) is 14.2 Å². The van der Waals surface area contributed by atoms with Gasteiger partial charge in [-0.25, -0.2) is 4.79 Å². The molecule has 0 N–H and O–H groups in total. The highest BCUT2D eigenvalue weighted by Gasteiger charge is 2.07. The van der Waals surface area contributed by atoms with Gasteiger partial charge < -0.3 is 14.2 Å². The molecule has 4 heteroatoms. The molecule has 2 aromatic rings. The van der Waals surface area contributed by atoms with E-state index in [1.807, 2.05) is 30.3 Å². The molecule has 0 aliphatic heterocycles. The largest absolute Gasteiger partial charge is 0.493 e. The summed E-state index contributed by atoms with van der Waals surface area (Å²) in [7, 11) is 3.19. The molecule has 0 aromatic heterocycles. The molecule has 21 heavy (non-hydrogen) atoms. The molecule has 0 amide bonds. The Hall–Kier alpha value is -2.75. The molecule has 108 valence electrons. The minimum atomic E-state index is -0.478. The van der Waals surface area contributed by atoms with Crippen molar-refractivity contribution in [2.75, 3.05) is 14.2 Å². The van der Waals surface area contributed by atoms with Crippen LogP contribution in [0.5, 0.6) is 17.2 Å². The number of benzene rings is 2. The lowest BCUT2D eigenvalue weighted by molar-refractivity contribution is -0.128. The number of carbonyl (C=O) groups excluding carboxylic acids is 1. The lowest BCUT2D eigenvalue weighted by Crippen LogP contribution is -2.02. The third-order valence-electron chi connectivity index (χ3n) is 2.96. The molecule has 0 saturated carbocycles. The highest BCUT2D eigenvalue weighted by molar-refractivity contribution is 5.83. The smallest absolute Gasteiger partial charge is 0.335 e. The number of rotatable bonds is 5. The van der Waals surface area contributed by atoms with Crippen LogP contribution < -0.4 is 14.2 Å². The number of ether oxygens (including phenoxy) is 3. The predicted molar refractivity (Wildman–Crippen MR) is 80.8 cm³/mol. The summed E-state index contributed by atoms with van der Waals surface area (Å²) in [6.45, 7) is 3.36. The van der Waals surface area contributed by atoms with Crippen molar-refractivity contribution in [2.24, 2.45) is 0 Å². The van der Waals surface area contributed by atoms with E-state index in [1.54, 1.807) is 26.4 Å². The van der Waals surface area contributed by atoms with Crippen molar-refractivity contribution in [1.82, 2.24) is 0 Å². The first-order chi connectivity index (χ1) is 10.2. The van der Waals surface area contributed by atoms with Crippen LogP contribution >= 0.6 is 0 Å². The SMILES string of the molecule is C=CC(=O)Oc1ccc(-c2ccc(OC)c(OC)c2)cc1. The van der Waals surface area contributed by atoms with Gasteiger partial charge in [0.15, 0.2) is 11.5 Å². The monoisotopic (exact) mass is 284 g/mol. The van der Waals surface area contributed by atoms with E-state index >= 15 is 0 Å². The molecule has 2 aromatic carbocycles. The van der Waals surface area contributed by atoms with Gasteiger partial charge >= 0.3 is 5.97 Å². The second-order valence-corrected chi connectivity index (χ2v) is 4.22. The van der Waals surface area contributed by atoms with Crippen molar-refractivity contribution < 1.29 is 19.0 Å². The Morgan fingerprint density at radius 2 is 1.57 bits per heavy atom. The van der Waals surface area contributed by atoms with E-state index in [9.17, 15) is 4.79 Å². The number of hydrogen-bond acceptors (Lipinski definition) is 4. The van der Waals surface area contributed by atoms with Crippen LogP contribution in [0.25, 0.3) is 11.1 Å². The Morgan fingerprint density at radius 1 is 0.952 bits per heavy atom. The molecule has 0 atom stereocenters. The van der Waals surface area contributed by atoms with Gasteiger partial charge in [0.2, 0.25) is 0 Å². The molecule has 0 radical (unpaired) electrons. The Morgan fingerprint density at radius 3 is 2.14 bits per heavy atom. The zero-order chi connectivity index (χ0) is 15.2. The maximum Gasteiger partial charge on any atom is 0.335 e. The zero-order valence-corrected chi connectivity index (χ0v) is 12.0. The van der Waals surface area contributed by atoms with Gasteiger partial charge in [-0.1, -0.05) is 24.8 Å². The van der Waals surface area contributed by atoms with Crippen LogP contribution in [-0.2, 0) is 4.79 Å². The van der Waals surface area contributed by atoms with Gasteiger partial charge in [0.1, 0.15) is 5.75 Å². The van der Waals surface area contributed by atoms with Gasteiger partial charge in [0, 0.05) is 6.08 Å². The highest BCUT2D eigenvalue weighted by Crippen LogP contribution is 2.32. The number of carbonyl (C=O) groups is 1. The first-order valence-electron chi connectivity index (χ1n) is 6.34. The van der Waals surface area contributed by atoms with E-state index in [0.717, 1.165) is 17.2 Å². The second kappa shape index (κ2) is 6.61. The number of methoxy groups -OCH3 is 2. The molecule has 0 heterocycles. The molecule has 0 bridgehead atoms. The van der Waals surface area contributed by atoms with Crippen molar-refractivity contribution in [3.05, 3.63) is 55.1 Å². The predicted octanol–water partition coefficient (Wildman–Crippen LogP) is 3.46. The molecule has 0 fully saturated rings. The maximum atomic E-state index is 11.1. The van der Waals surface area contributed by atoms with Crippen molar-refractivity contribution >= 4 is 5.97 Å². The fourth-order valence-electron chi connectivity index (χ4n) is 1.89. The van der Waals surface area contributed by atoms with E-state index < -0.39 is 5.97 Å². The summed E-state index contributed by atoms with van der Waals surface area (Å²) < 4.78 is 15.5. The Labute approximate surface area is 123 Å². The molecule has 4 nitrogen and oxygen atoms in total. The lowest BCUT2D eigenvalue weighted by atomic mass is 10.1. The summed E-state index contributed by atoms with van der Waals surface area (Å²) in [6.07, 6.45) is 1.13. The van der Waals surface area contributed by atoms with Gasteiger partial charge in [-0.15, -0.1) is 0 Å². The van der Waals surface area contributed by atoms with Gasteiger partial charge in [-0.2, -0.15) is 0 Å². The van der Waals surface area contributed by atoms with Crippen LogP contribution in [0.15, 0.2) is 55.1 Å². The minimum absolute atomic E-state index is 0.476. The molecule has 0 unspecified atom stereocenters. The zero-order valence-electron chi connectivity index (χ0n) is 12.0. The fraction of sp³-hybridized carbons (Fsp3) is 0.118. The number of hydrogen-bond donors (Lipinski definition) is 0. The molecule has 0 saturated heterocycles. The molecule has 0 aliphatic rings. The van der Waals surface area contributed by atoms with Crippen LogP contribution in [-0.4, -0.2) is 20.2 Å². The minimum Gasteiger partial charge on any atom is -0.493 e. The normalized spacial score (nSPS) is 9.81. The second-order valence-electron chi connectivity index (χ2n) is 4.22. The van der Waals surface area contributed by atoms with Crippen molar-refractivity contribution in [1.29, 1.82) is 0 Å². The van der Waals surface area contributed by atoms with Crippen LogP contribution in [0.2, 0.25) is 0 Å². The summed E-state index contributed by atoms with van der Waals surface area (Å²) in [5.41, 5.74) is 1.96. The third-order valence-corrected chi connectivity index (χ3v) is 2.96. The van der Waals surface area contributed by atoms with Gasteiger partial charge in [-0.05, 0) is 35.4 Å². The van der Waals surface area contributed by atoms with Crippen LogP contribution in [0, 0.1) is 0 Å². The number of esters is 1. The molecular formula is C17H16O4. The van der Waals surface area contributed by atoms with Crippen LogP contribution in [0.3, 0.4) is 0 Å². The summed E-state index contributed by atoms with van der Waals surface area (Å²) in [6, 6.07) is 12.9. The van der Waals surface area contributed by atoms with E-state index in [4.69, 9.17) is 14.2 Å². The third kappa shape index (κ3) is 3.42. The molecule has 0 aliphatic carbocycles. The quantitative estimate of drug-likeness (QED) is 0.479. The fourth-order valence-corrected chi connectivity index (χ4v) is 1.89. The van der Waals surface area contributed by atoms with Gasteiger partial charge in [0.25, 0.3) is 0 Å². The average molecular weight is 284 g/mol. The molecular weight excluding hydrogens is 268 g/mol. The summed E-state index contributed by atoms with van der Waals surface area (Å²) in [5, 5.41) is 0. The van der Waals surface area contributed by atoms with E-state index in [1.165, 1.54) is 0 Å². The first-order valence-corrected chi connectivity index (χ1v) is 6.34. The summed E-state index contributed by atoms with van der Waals surface area (Å²) >= 11 is 0. The van der Waals surface area contributed by atoms with Crippen molar-refractivity contribution in [2.45, 2.75) is 0 Å². The Kier molecular flexibility index (Phi) is 4.61. The molecule has 2 rings (SSSR count). The summed E-state index contributed by atoms with van der Waals surface area (Å²) in [4.78, 5) is 11.1. The average Bonchev–Trinajstić information content (AvgIpc) is 2.54. The lowest BCUT2D eigenvalue weighted by Gasteiger charge is -2.10. The van der Waals surface area contributed by atoms with Crippen molar-refractivity contribution in [3.63, 3.8) is 0 Å². The maximum absolute atomic E-state index is 11.1. The molecule has 0 spiro atoms. The standard InChI is InChI=1S/C17H16O4/c1-4-17(18)21-14-8-5-12(6-9-14)13-7-10-15(19-2)16(11-13)20-3/h4-11H,1H2,2-3H3. The van der Waals surface area contributed by atoms with Gasteiger partial charge in [-0.3, -0.25) is 0 Å². The van der Waals surface area contributed by atoms with Crippen LogP contribution in [0.4, 0.5) is 0 Å². The van der Waals surface area contributed by atoms with E-state index in [-0.39, 0.29) is 0 Å². The van der Waals surface area contributed by atoms with Crippen LogP contribution in [0.1, 0.15) is 0 Å². The summed E-state index contributed by atoms with van der Waals surface area (Å²) in [5.74, 6) is 1.34. The van der Waals surface area contributed by atoms with E-state index in [0.29, 0.717) is 17.2 Å². The first kappa shape index (κ1) is 14.7. The van der Waals surface area contributed by atoms with E-state index in [2.05, 4.69) is 6.58 Å². The highest BCUT2D eigenvalue weighted by atomic mass is 16.5. The Bertz CT molecular complexity index is 644. The Balaban J connectivity index is 2.26. The topological polar surface area (TPSA) is 44.8 Å².